The highest BCUT2D eigenvalue weighted by Gasteiger charge is 2.27. The van der Waals surface area contributed by atoms with Crippen molar-refractivity contribution in [1.82, 2.24) is 9.97 Å². The molecular weight excluding hydrogens is 274 g/mol. The minimum Gasteiger partial charge on any atom is -0.379 e. The molecule has 1 aliphatic carbocycles. The summed E-state index contributed by atoms with van der Waals surface area (Å²) in [4.78, 5) is 18.0. The van der Waals surface area contributed by atoms with Crippen molar-refractivity contribution >= 4 is 21.7 Å². The third-order valence-electron chi connectivity index (χ3n) is 2.87. The van der Waals surface area contributed by atoms with Crippen LogP contribution in [-0.2, 0) is 4.74 Å². The second kappa shape index (κ2) is 4.97. The van der Waals surface area contributed by atoms with Crippen LogP contribution in [0.3, 0.4) is 0 Å². The van der Waals surface area contributed by atoms with E-state index in [1.807, 2.05) is 0 Å². The predicted molar refractivity (Wildman–Crippen MR) is 64.6 cm³/mol. The third-order valence-corrected chi connectivity index (χ3v) is 3.61. The monoisotopic (exact) mass is 287 g/mol. The Kier molecular flexibility index (Phi) is 3.60. The molecule has 0 spiro atoms. The van der Waals surface area contributed by atoms with E-state index in [-0.39, 0.29) is 17.7 Å². The van der Waals surface area contributed by atoms with Crippen molar-refractivity contribution in [3.05, 3.63) is 21.2 Å². The Balaban J connectivity index is 2.14. The number of aromatic amines is 1. The Morgan fingerprint density at radius 3 is 3.19 bits per heavy atom. The predicted octanol–water partition coefficient (Wildman–Crippen LogP) is 1.51. The van der Waals surface area contributed by atoms with Crippen LogP contribution in [0.1, 0.15) is 19.3 Å². The normalized spacial score (nSPS) is 24.6. The molecule has 2 rings (SSSR count). The number of halogens is 1. The number of nitrogens with zero attached hydrogens (tertiary/aromatic N) is 1. The average molecular weight is 288 g/mol. The first-order chi connectivity index (χ1) is 7.72. The molecule has 2 N–H and O–H groups in total. The zero-order chi connectivity index (χ0) is 11.5. The van der Waals surface area contributed by atoms with Crippen molar-refractivity contribution in [3.8, 4) is 0 Å². The molecular formula is C10H14BrN3O2. The highest BCUT2D eigenvalue weighted by molar-refractivity contribution is 9.10. The van der Waals surface area contributed by atoms with E-state index >= 15 is 0 Å². The van der Waals surface area contributed by atoms with Gasteiger partial charge in [0.2, 0.25) is 0 Å². The lowest BCUT2D eigenvalue weighted by Gasteiger charge is -2.20. The number of anilines is 1. The highest BCUT2D eigenvalue weighted by Crippen LogP contribution is 2.25. The molecule has 1 aromatic rings. The van der Waals surface area contributed by atoms with Crippen molar-refractivity contribution in [1.29, 1.82) is 0 Å². The van der Waals surface area contributed by atoms with Crippen LogP contribution in [0, 0.1) is 0 Å². The van der Waals surface area contributed by atoms with Crippen LogP contribution < -0.4 is 10.9 Å². The van der Waals surface area contributed by atoms with Gasteiger partial charge in [-0.05, 0) is 35.2 Å². The lowest BCUT2D eigenvalue weighted by Crippen LogP contribution is -2.31. The van der Waals surface area contributed by atoms with Crippen molar-refractivity contribution in [3.63, 3.8) is 0 Å². The van der Waals surface area contributed by atoms with Gasteiger partial charge in [-0.1, -0.05) is 0 Å². The molecule has 5 nitrogen and oxygen atoms in total. The first-order valence-electron chi connectivity index (χ1n) is 5.25. The first kappa shape index (κ1) is 11.6. The van der Waals surface area contributed by atoms with Gasteiger partial charge >= 0.3 is 0 Å². The van der Waals surface area contributed by atoms with E-state index < -0.39 is 0 Å². The summed E-state index contributed by atoms with van der Waals surface area (Å²) in [7, 11) is 1.71. The molecule has 0 radical (unpaired) electrons. The summed E-state index contributed by atoms with van der Waals surface area (Å²) < 4.78 is 5.82. The molecule has 0 aromatic carbocycles. The standard InChI is InChI=1S/C10H14BrN3O2/c1-16-7-4-2-3-6(7)14-9-8(11)10(15)13-5-12-9/h5-7H,2-4H2,1H3,(H2,12,13,14,15). The fourth-order valence-electron chi connectivity index (χ4n) is 2.03. The van der Waals surface area contributed by atoms with Crippen LogP contribution in [0.25, 0.3) is 0 Å². The summed E-state index contributed by atoms with van der Waals surface area (Å²) in [5.41, 5.74) is -0.176. The van der Waals surface area contributed by atoms with E-state index in [0.29, 0.717) is 10.3 Å². The summed E-state index contributed by atoms with van der Waals surface area (Å²) in [5.74, 6) is 0.581. The van der Waals surface area contributed by atoms with Crippen molar-refractivity contribution in [2.45, 2.75) is 31.4 Å². The number of hydrogen-bond acceptors (Lipinski definition) is 4. The van der Waals surface area contributed by atoms with Gasteiger partial charge in [0.1, 0.15) is 10.3 Å². The van der Waals surface area contributed by atoms with Gasteiger partial charge in [-0.15, -0.1) is 0 Å². The number of methoxy groups -OCH3 is 1. The Morgan fingerprint density at radius 2 is 2.44 bits per heavy atom. The van der Waals surface area contributed by atoms with Crippen LogP contribution >= 0.6 is 15.9 Å². The van der Waals surface area contributed by atoms with Crippen LogP contribution in [0.2, 0.25) is 0 Å². The quantitative estimate of drug-likeness (QED) is 0.884. The van der Waals surface area contributed by atoms with E-state index in [0.717, 1.165) is 19.3 Å². The minimum absolute atomic E-state index is 0.176. The number of hydrogen-bond donors (Lipinski definition) is 2. The molecule has 1 saturated carbocycles. The van der Waals surface area contributed by atoms with Crippen molar-refractivity contribution < 1.29 is 4.74 Å². The summed E-state index contributed by atoms with van der Waals surface area (Å²) in [6.45, 7) is 0. The molecule has 1 heterocycles. The second-order valence-electron chi connectivity index (χ2n) is 3.85. The summed E-state index contributed by atoms with van der Waals surface area (Å²) in [6, 6.07) is 0.232. The van der Waals surface area contributed by atoms with E-state index in [9.17, 15) is 4.79 Å². The van der Waals surface area contributed by atoms with Gasteiger partial charge in [0, 0.05) is 7.11 Å². The number of H-pyrrole nitrogens is 1. The van der Waals surface area contributed by atoms with E-state index in [1.54, 1.807) is 7.11 Å². The van der Waals surface area contributed by atoms with E-state index in [2.05, 4.69) is 31.2 Å². The van der Waals surface area contributed by atoms with E-state index in [1.165, 1.54) is 6.33 Å². The van der Waals surface area contributed by atoms with Gasteiger partial charge in [-0.25, -0.2) is 4.98 Å². The maximum Gasteiger partial charge on any atom is 0.267 e. The third kappa shape index (κ3) is 2.27. The Morgan fingerprint density at radius 1 is 1.62 bits per heavy atom. The largest absolute Gasteiger partial charge is 0.379 e. The number of ether oxygens (including phenoxy) is 1. The van der Waals surface area contributed by atoms with Crippen molar-refractivity contribution in [2.75, 3.05) is 12.4 Å². The number of aromatic nitrogens is 2. The fraction of sp³-hybridized carbons (Fsp3) is 0.600. The molecule has 1 fully saturated rings. The van der Waals surface area contributed by atoms with Crippen molar-refractivity contribution in [2.24, 2.45) is 0 Å². The van der Waals surface area contributed by atoms with Gasteiger partial charge in [0.15, 0.2) is 0 Å². The molecule has 1 aromatic heterocycles. The molecule has 0 amide bonds. The first-order valence-corrected chi connectivity index (χ1v) is 6.04. The van der Waals surface area contributed by atoms with Gasteiger partial charge in [-0.3, -0.25) is 4.79 Å². The van der Waals surface area contributed by atoms with Gasteiger partial charge in [-0.2, -0.15) is 0 Å². The van der Waals surface area contributed by atoms with E-state index in [4.69, 9.17) is 4.74 Å². The lowest BCUT2D eigenvalue weighted by atomic mass is 10.2. The SMILES string of the molecule is COC1CCCC1Nc1nc[nH]c(=O)c1Br. The second-order valence-corrected chi connectivity index (χ2v) is 4.64. The Hall–Kier alpha value is -0.880. The zero-order valence-electron chi connectivity index (χ0n) is 9.00. The molecule has 88 valence electrons. The van der Waals surface area contributed by atoms with Gasteiger partial charge in [0.25, 0.3) is 5.56 Å². The molecule has 0 saturated heterocycles. The molecule has 2 unspecified atom stereocenters. The summed E-state index contributed by atoms with van der Waals surface area (Å²) >= 11 is 3.22. The Labute approximate surface area is 102 Å². The topological polar surface area (TPSA) is 67.0 Å². The maximum absolute atomic E-state index is 11.4. The fourth-order valence-corrected chi connectivity index (χ4v) is 2.36. The highest BCUT2D eigenvalue weighted by atomic mass is 79.9. The molecule has 1 aliphatic rings. The minimum atomic E-state index is -0.176. The van der Waals surface area contributed by atoms with Gasteiger partial charge in [0.05, 0.1) is 18.5 Å². The Bertz CT molecular complexity index is 421. The average Bonchev–Trinajstić information content (AvgIpc) is 2.72. The summed E-state index contributed by atoms with van der Waals surface area (Å²) in [6.07, 6.45) is 4.82. The van der Waals surface area contributed by atoms with Crippen LogP contribution in [-0.4, -0.2) is 29.2 Å². The smallest absolute Gasteiger partial charge is 0.267 e. The lowest BCUT2D eigenvalue weighted by molar-refractivity contribution is 0.101. The van der Waals surface area contributed by atoms with Gasteiger partial charge < -0.3 is 15.0 Å². The number of rotatable bonds is 3. The van der Waals surface area contributed by atoms with Crippen LogP contribution in [0.5, 0.6) is 0 Å². The van der Waals surface area contributed by atoms with Crippen LogP contribution in [0.4, 0.5) is 5.82 Å². The molecule has 2 atom stereocenters. The molecule has 6 heteroatoms. The van der Waals surface area contributed by atoms with Crippen LogP contribution in [0.15, 0.2) is 15.6 Å². The summed E-state index contributed by atoms with van der Waals surface area (Å²) in [5, 5.41) is 3.25. The zero-order valence-corrected chi connectivity index (χ0v) is 10.6. The molecule has 16 heavy (non-hydrogen) atoms. The number of nitrogens with one attached hydrogen (secondary N) is 2. The molecule has 0 aliphatic heterocycles. The maximum atomic E-state index is 11.4. The molecule has 0 bridgehead atoms.